The molecule has 1 atom stereocenters. The second-order valence-electron chi connectivity index (χ2n) is 2.85. The van der Waals surface area contributed by atoms with E-state index in [1.165, 1.54) is 7.11 Å². The van der Waals surface area contributed by atoms with Crippen LogP contribution in [-0.2, 0) is 4.74 Å². The molecule has 0 fully saturated rings. The highest BCUT2D eigenvalue weighted by molar-refractivity contribution is 6.31. The van der Waals surface area contributed by atoms with Gasteiger partial charge in [0.1, 0.15) is 0 Å². The summed E-state index contributed by atoms with van der Waals surface area (Å²) in [5.41, 5.74) is 5.97. The molecule has 1 aromatic carbocycles. The van der Waals surface area contributed by atoms with Gasteiger partial charge in [-0.3, -0.25) is 0 Å². The van der Waals surface area contributed by atoms with Gasteiger partial charge in [0.15, 0.2) is 11.6 Å². The highest BCUT2D eigenvalue weighted by Gasteiger charge is 2.14. The van der Waals surface area contributed by atoms with Crippen LogP contribution in [0.5, 0.6) is 0 Å². The summed E-state index contributed by atoms with van der Waals surface area (Å²) in [6, 6.07) is 1.34. The number of hydrogen-bond donors (Lipinski definition) is 1. The fraction of sp³-hybridized carbons (Fsp3) is 0.333. The monoisotopic (exact) mass is 221 g/mol. The molecule has 78 valence electrons. The molecule has 0 saturated heterocycles. The van der Waals surface area contributed by atoms with Crippen LogP contribution < -0.4 is 5.73 Å². The van der Waals surface area contributed by atoms with Gasteiger partial charge >= 0.3 is 0 Å². The fourth-order valence-electron chi connectivity index (χ4n) is 1.09. The van der Waals surface area contributed by atoms with Crippen molar-refractivity contribution in [2.24, 2.45) is 5.73 Å². The van der Waals surface area contributed by atoms with E-state index in [1.54, 1.807) is 0 Å². The zero-order valence-electron chi connectivity index (χ0n) is 7.56. The van der Waals surface area contributed by atoms with Gasteiger partial charge < -0.3 is 10.5 Å². The van der Waals surface area contributed by atoms with E-state index >= 15 is 0 Å². The Morgan fingerprint density at radius 1 is 1.43 bits per heavy atom. The molecule has 0 radical (unpaired) electrons. The zero-order valence-corrected chi connectivity index (χ0v) is 8.31. The number of halogens is 3. The lowest BCUT2D eigenvalue weighted by Crippen LogP contribution is -2.17. The molecule has 1 aromatic rings. The lowest BCUT2D eigenvalue weighted by Gasteiger charge is -2.12. The molecule has 0 heterocycles. The maximum Gasteiger partial charge on any atom is 0.160 e. The Kier molecular flexibility index (Phi) is 3.80. The molecule has 2 N–H and O–H groups in total. The summed E-state index contributed by atoms with van der Waals surface area (Å²) in [6.45, 7) is 0.199. The smallest absolute Gasteiger partial charge is 0.160 e. The van der Waals surface area contributed by atoms with E-state index in [4.69, 9.17) is 22.1 Å². The van der Waals surface area contributed by atoms with E-state index in [1.807, 2.05) is 0 Å². The lowest BCUT2D eigenvalue weighted by molar-refractivity contribution is 0.181. The van der Waals surface area contributed by atoms with Crippen LogP contribution in [0.2, 0.25) is 5.02 Å². The molecular formula is C9H10ClF2NO. The first-order chi connectivity index (χ1) is 6.56. The summed E-state index contributed by atoms with van der Waals surface area (Å²) in [4.78, 5) is 0. The molecule has 0 bridgehead atoms. The van der Waals surface area contributed by atoms with Crippen molar-refractivity contribution >= 4 is 11.6 Å². The van der Waals surface area contributed by atoms with Crippen molar-refractivity contribution in [1.29, 1.82) is 0 Å². The number of methoxy groups -OCH3 is 1. The van der Waals surface area contributed by atoms with Crippen LogP contribution in [0.25, 0.3) is 0 Å². The number of benzene rings is 1. The summed E-state index contributed by atoms with van der Waals surface area (Å²) >= 11 is 5.69. The van der Waals surface area contributed by atoms with Crippen molar-refractivity contribution in [3.05, 3.63) is 34.4 Å². The van der Waals surface area contributed by atoms with Crippen LogP contribution in [0.1, 0.15) is 11.6 Å². The maximum absolute atomic E-state index is 12.8. The molecule has 0 aliphatic rings. The minimum atomic E-state index is -0.983. The SMILES string of the molecule is COC[C@H](N)c1cc(F)c(F)cc1Cl. The van der Waals surface area contributed by atoms with Crippen LogP contribution >= 0.6 is 11.6 Å². The third-order valence-electron chi connectivity index (χ3n) is 1.79. The van der Waals surface area contributed by atoms with Crippen molar-refractivity contribution in [1.82, 2.24) is 0 Å². The molecule has 5 heteroatoms. The first-order valence-electron chi connectivity index (χ1n) is 3.95. The Morgan fingerprint density at radius 2 is 2.00 bits per heavy atom. The Hall–Kier alpha value is -0.710. The van der Waals surface area contributed by atoms with Gasteiger partial charge in [-0.1, -0.05) is 11.6 Å². The average Bonchev–Trinajstić information content (AvgIpc) is 2.11. The third kappa shape index (κ3) is 2.41. The minimum absolute atomic E-state index is 0.105. The molecule has 0 spiro atoms. The third-order valence-corrected chi connectivity index (χ3v) is 2.11. The van der Waals surface area contributed by atoms with Gasteiger partial charge in [0.05, 0.1) is 12.6 Å². The molecule has 0 aliphatic carbocycles. The first kappa shape index (κ1) is 11.4. The second-order valence-corrected chi connectivity index (χ2v) is 3.26. The Balaban J connectivity index is 3.02. The van der Waals surface area contributed by atoms with E-state index in [0.29, 0.717) is 5.56 Å². The quantitative estimate of drug-likeness (QED) is 0.795. The van der Waals surface area contributed by atoms with Crippen molar-refractivity contribution in [3.63, 3.8) is 0 Å². The normalized spacial score (nSPS) is 12.9. The Morgan fingerprint density at radius 3 is 2.57 bits per heavy atom. The molecule has 0 aliphatic heterocycles. The van der Waals surface area contributed by atoms with Crippen LogP contribution in [0.4, 0.5) is 8.78 Å². The van der Waals surface area contributed by atoms with Crippen molar-refractivity contribution in [2.75, 3.05) is 13.7 Å². The van der Waals surface area contributed by atoms with Gasteiger partial charge in [-0.05, 0) is 17.7 Å². The summed E-state index contributed by atoms with van der Waals surface area (Å²) in [7, 11) is 1.47. The molecule has 0 unspecified atom stereocenters. The molecule has 1 rings (SSSR count). The highest BCUT2D eigenvalue weighted by atomic mass is 35.5. The molecule has 14 heavy (non-hydrogen) atoms. The lowest BCUT2D eigenvalue weighted by atomic mass is 10.1. The van der Waals surface area contributed by atoms with Gasteiger partial charge in [-0.15, -0.1) is 0 Å². The van der Waals surface area contributed by atoms with Crippen molar-refractivity contribution < 1.29 is 13.5 Å². The number of ether oxygens (including phenoxy) is 1. The van der Waals surface area contributed by atoms with Gasteiger partial charge in [-0.2, -0.15) is 0 Å². The maximum atomic E-state index is 12.8. The van der Waals surface area contributed by atoms with Gasteiger partial charge in [0.25, 0.3) is 0 Å². The summed E-state index contributed by atoms with van der Waals surface area (Å²) in [6.07, 6.45) is 0. The summed E-state index contributed by atoms with van der Waals surface area (Å²) in [5, 5.41) is 0.105. The molecule has 0 saturated carbocycles. The minimum Gasteiger partial charge on any atom is -0.383 e. The number of nitrogens with two attached hydrogens (primary N) is 1. The van der Waals surface area contributed by atoms with Crippen LogP contribution in [0.3, 0.4) is 0 Å². The number of hydrogen-bond acceptors (Lipinski definition) is 2. The fourth-order valence-corrected chi connectivity index (χ4v) is 1.38. The molecule has 2 nitrogen and oxygen atoms in total. The number of rotatable bonds is 3. The topological polar surface area (TPSA) is 35.2 Å². The average molecular weight is 222 g/mol. The standard InChI is InChI=1S/C9H10ClF2NO/c1-14-4-9(13)5-2-7(11)8(12)3-6(5)10/h2-3,9H,4,13H2,1H3/t9-/m0/s1. The predicted molar refractivity (Wildman–Crippen MR) is 50.2 cm³/mol. The van der Waals surface area contributed by atoms with E-state index in [-0.39, 0.29) is 11.6 Å². The summed E-state index contributed by atoms with van der Waals surface area (Å²) < 4.78 is 30.3. The second kappa shape index (κ2) is 4.68. The van der Waals surface area contributed by atoms with Crippen molar-refractivity contribution in [2.45, 2.75) is 6.04 Å². The van der Waals surface area contributed by atoms with E-state index in [9.17, 15) is 8.78 Å². The van der Waals surface area contributed by atoms with Crippen molar-refractivity contribution in [3.8, 4) is 0 Å². The molecule has 0 aromatic heterocycles. The van der Waals surface area contributed by atoms with E-state index in [2.05, 4.69) is 0 Å². The van der Waals surface area contributed by atoms with Gasteiger partial charge in [0, 0.05) is 12.1 Å². The molecule has 0 amide bonds. The van der Waals surface area contributed by atoms with Gasteiger partial charge in [-0.25, -0.2) is 8.78 Å². The van der Waals surface area contributed by atoms with Crippen LogP contribution in [0.15, 0.2) is 12.1 Å². The van der Waals surface area contributed by atoms with Crippen LogP contribution in [0, 0.1) is 11.6 Å². The Bertz CT molecular complexity index is 333. The van der Waals surface area contributed by atoms with E-state index in [0.717, 1.165) is 12.1 Å². The van der Waals surface area contributed by atoms with E-state index < -0.39 is 17.7 Å². The largest absolute Gasteiger partial charge is 0.383 e. The zero-order chi connectivity index (χ0) is 10.7. The highest BCUT2D eigenvalue weighted by Crippen LogP contribution is 2.24. The summed E-state index contributed by atoms with van der Waals surface area (Å²) in [5.74, 6) is -1.95. The first-order valence-corrected chi connectivity index (χ1v) is 4.33. The molecular weight excluding hydrogens is 212 g/mol. The van der Waals surface area contributed by atoms with Crippen LogP contribution in [-0.4, -0.2) is 13.7 Å². The Labute approximate surface area is 85.6 Å². The predicted octanol–water partition coefficient (Wildman–Crippen LogP) is 2.26. The van der Waals surface area contributed by atoms with Gasteiger partial charge in [0.2, 0.25) is 0 Å².